The lowest BCUT2D eigenvalue weighted by atomic mass is 10.0. The molecule has 0 heterocycles. The van der Waals surface area contributed by atoms with Crippen LogP contribution in [-0.2, 0) is 4.79 Å². The third-order valence-electron chi connectivity index (χ3n) is 1.90. The van der Waals surface area contributed by atoms with E-state index in [2.05, 4.69) is 6.58 Å². The van der Waals surface area contributed by atoms with Crippen LogP contribution in [0.1, 0.15) is 19.3 Å². The first-order valence-corrected chi connectivity index (χ1v) is 3.62. The first-order chi connectivity index (χ1) is 4.74. The topological polar surface area (TPSA) is 43.1 Å². The van der Waals surface area contributed by atoms with E-state index in [-0.39, 0.29) is 5.92 Å². The average molecular weight is 139 g/mol. The molecule has 0 aromatic rings. The molecule has 1 saturated carbocycles. The minimum Gasteiger partial charge on any atom is -0.402 e. The van der Waals surface area contributed by atoms with Gasteiger partial charge in [-0.2, -0.15) is 0 Å². The maximum Gasteiger partial charge on any atom is 0.123 e. The monoisotopic (exact) mass is 139 g/mol. The van der Waals surface area contributed by atoms with Crippen molar-refractivity contribution in [2.45, 2.75) is 19.3 Å². The normalized spacial score (nSPS) is 20.0. The lowest BCUT2D eigenvalue weighted by Gasteiger charge is -2.06. The van der Waals surface area contributed by atoms with E-state index in [4.69, 9.17) is 5.73 Å². The molecule has 1 atom stereocenters. The summed E-state index contributed by atoms with van der Waals surface area (Å²) in [5.74, 6) is 0.760. The second kappa shape index (κ2) is 2.86. The van der Waals surface area contributed by atoms with E-state index < -0.39 is 0 Å². The van der Waals surface area contributed by atoms with Crippen molar-refractivity contribution in [2.75, 3.05) is 0 Å². The van der Waals surface area contributed by atoms with Gasteiger partial charge in [-0.25, -0.2) is 0 Å². The molecule has 0 bridgehead atoms. The Balaban J connectivity index is 2.32. The SMILES string of the molecule is C=C(N)CC(C=O)C1CC1. The van der Waals surface area contributed by atoms with Crippen molar-refractivity contribution in [1.29, 1.82) is 0 Å². The Morgan fingerprint density at radius 2 is 2.40 bits per heavy atom. The molecule has 1 aliphatic rings. The zero-order valence-corrected chi connectivity index (χ0v) is 6.05. The Kier molecular flexibility index (Phi) is 2.10. The predicted octanol–water partition coefficient (Wildman–Crippen LogP) is 1.07. The molecular weight excluding hydrogens is 126 g/mol. The second-order valence-electron chi connectivity index (χ2n) is 3.00. The zero-order valence-electron chi connectivity index (χ0n) is 6.05. The third kappa shape index (κ3) is 1.87. The molecule has 10 heavy (non-hydrogen) atoms. The molecule has 56 valence electrons. The van der Waals surface area contributed by atoms with Gasteiger partial charge in [0.05, 0.1) is 0 Å². The maximum absolute atomic E-state index is 10.4. The largest absolute Gasteiger partial charge is 0.402 e. The van der Waals surface area contributed by atoms with Gasteiger partial charge in [-0.1, -0.05) is 6.58 Å². The first kappa shape index (κ1) is 7.32. The highest BCUT2D eigenvalue weighted by Crippen LogP contribution is 2.37. The van der Waals surface area contributed by atoms with Crippen molar-refractivity contribution in [3.63, 3.8) is 0 Å². The fourth-order valence-electron chi connectivity index (χ4n) is 1.15. The van der Waals surface area contributed by atoms with Gasteiger partial charge in [-0.3, -0.25) is 0 Å². The first-order valence-electron chi connectivity index (χ1n) is 3.62. The summed E-state index contributed by atoms with van der Waals surface area (Å²) in [6, 6.07) is 0. The van der Waals surface area contributed by atoms with Gasteiger partial charge in [0.25, 0.3) is 0 Å². The van der Waals surface area contributed by atoms with Crippen LogP contribution in [0.15, 0.2) is 12.3 Å². The van der Waals surface area contributed by atoms with E-state index >= 15 is 0 Å². The minimum atomic E-state index is 0.150. The number of hydrogen-bond acceptors (Lipinski definition) is 2. The molecule has 0 amide bonds. The number of carbonyl (C=O) groups is 1. The molecule has 0 aromatic carbocycles. The molecule has 2 nitrogen and oxygen atoms in total. The zero-order chi connectivity index (χ0) is 7.56. The Bertz CT molecular complexity index is 149. The molecule has 1 unspecified atom stereocenters. The molecule has 0 aromatic heterocycles. The predicted molar refractivity (Wildman–Crippen MR) is 40.2 cm³/mol. The molecule has 0 radical (unpaired) electrons. The van der Waals surface area contributed by atoms with Crippen LogP contribution < -0.4 is 5.73 Å². The molecular formula is C8H13NO. The molecule has 0 saturated heterocycles. The van der Waals surface area contributed by atoms with Gasteiger partial charge >= 0.3 is 0 Å². The van der Waals surface area contributed by atoms with Gasteiger partial charge in [0, 0.05) is 11.6 Å². The van der Waals surface area contributed by atoms with Crippen LogP contribution in [0.25, 0.3) is 0 Å². The van der Waals surface area contributed by atoms with Gasteiger partial charge in [0.2, 0.25) is 0 Å². The van der Waals surface area contributed by atoms with E-state index in [0.717, 1.165) is 6.29 Å². The van der Waals surface area contributed by atoms with Crippen LogP contribution in [0.3, 0.4) is 0 Å². The van der Waals surface area contributed by atoms with Crippen LogP contribution >= 0.6 is 0 Å². The van der Waals surface area contributed by atoms with Crippen LogP contribution in [0, 0.1) is 11.8 Å². The Hall–Kier alpha value is -0.790. The van der Waals surface area contributed by atoms with Crippen LogP contribution in [0.5, 0.6) is 0 Å². The second-order valence-corrected chi connectivity index (χ2v) is 3.00. The average Bonchev–Trinajstić information content (AvgIpc) is 2.63. The maximum atomic E-state index is 10.4. The molecule has 1 fully saturated rings. The highest BCUT2D eigenvalue weighted by molar-refractivity contribution is 5.55. The van der Waals surface area contributed by atoms with Crippen molar-refractivity contribution < 1.29 is 4.79 Å². The van der Waals surface area contributed by atoms with Gasteiger partial charge in [0.1, 0.15) is 6.29 Å². The summed E-state index contributed by atoms with van der Waals surface area (Å²) in [5.41, 5.74) is 6.01. The van der Waals surface area contributed by atoms with E-state index in [1.807, 2.05) is 0 Å². The van der Waals surface area contributed by atoms with E-state index in [0.29, 0.717) is 18.0 Å². The Labute approximate surface area is 61.1 Å². The summed E-state index contributed by atoms with van der Waals surface area (Å²) in [5, 5.41) is 0. The quantitative estimate of drug-likeness (QED) is 0.592. The number of hydrogen-bond donors (Lipinski definition) is 1. The van der Waals surface area contributed by atoms with Gasteiger partial charge < -0.3 is 10.5 Å². The highest BCUT2D eigenvalue weighted by atomic mass is 16.1. The number of aldehydes is 1. The van der Waals surface area contributed by atoms with Crippen molar-refractivity contribution >= 4 is 6.29 Å². The fourth-order valence-corrected chi connectivity index (χ4v) is 1.15. The van der Waals surface area contributed by atoms with Crippen molar-refractivity contribution in [3.8, 4) is 0 Å². The molecule has 2 N–H and O–H groups in total. The molecule has 0 aliphatic heterocycles. The van der Waals surface area contributed by atoms with Gasteiger partial charge in [-0.05, 0) is 25.2 Å². The number of carbonyl (C=O) groups excluding carboxylic acids is 1. The minimum absolute atomic E-state index is 0.150. The number of allylic oxidation sites excluding steroid dienone is 1. The molecule has 0 spiro atoms. The van der Waals surface area contributed by atoms with E-state index in [1.165, 1.54) is 12.8 Å². The van der Waals surface area contributed by atoms with Crippen molar-refractivity contribution in [3.05, 3.63) is 12.3 Å². The fraction of sp³-hybridized carbons (Fsp3) is 0.625. The number of nitrogens with two attached hydrogens (primary N) is 1. The van der Waals surface area contributed by atoms with Crippen LogP contribution in [0.4, 0.5) is 0 Å². The molecule has 1 rings (SSSR count). The smallest absolute Gasteiger partial charge is 0.123 e. The van der Waals surface area contributed by atoms with E-state index in [9.17, 15) is 4.79 Å². The summed E-state index contributed by atoms with van der Waals surface area (Å²) >= 11 is 0. The number of rotatable bonds is 4. The van der Waals surface area contributed by atoms with Crippen LogP contribution in [-0.4, -0.2) is 6.29 Å². The summed E-state index contributed by atoms with van der Waals surface area (Å²) in [7, 11) is 0. The Morgan fingerprint density at radius 3 is 2.70 bits per heavy atom. The summed E-state index contributed by atoms with van der Waals surface area (Å²) in [6.07, 6.45) is 4.07. The standard InChI is InChI=1S/C8H13NO/c1-6(9)4-8(5-10)7-2-3-7/h5,7-8H,1-4,9H2. The molecule has 1 aliphatic carbocycles. The van der Waals surface area contributed by atoms with Gasteiger partial charge in [-0.15, -0.1) is 0 Å². The Morgan fingerprint density at radius 1 is 1.80 bits per heavy atom. The molecule has 2 heteroatoms. The van der Waals surface area contributed by atoms with Gasteiger partial charge in [0.15, 0.2) is 0 Å². The third-order valence-corrected chi connectivity index (χ3v) is 1.90. The lowest BCUT2D eigenvalue weighted by molar-refractivity contribution is -0.111. The summed E-state index contributed by atoms with van der Waals surface area (Å²) < 4.78 is 0. The van der Waals surface area contributed by atoms with Crippen molar-refractivity contribution in [1.82, 2.24) is 0 Å². The van der Waals surface area contributed by atoms with Crippen LogP contribution in [0.2, 0.25) is 0 Å². The van der Waals surface area contributed by atoms with Crippen molar-refractivity contribution in [2.24, 2.45) is 17.6 Å². The van der Waals surface area contributed by atoms with E-state index in [1.54, 1.807) is 0 Å². The lowest BCUT2D eigenvalue weighted by Crippen LogP contribution is -2.09. The highest BCUT2D eigenvalue weighted by Gasteiger charge is 2.30. The summed E-state index contributed by atoms with van der Waals surface area (Å²) in [6.45, 7) is 3.57. The summed E-state index contributed by atoms with van der Waals surface area (Å²) in [4.78, 5) is 10.4.